The first kappa shape index (κ1) is 5.87. The highest BCUT2D eigenvalue weighted by atomic mass is 14.2. The Morgan fingerprint density at radius 3 is 2.62 bits per heavy atom. The van der Waals surface area contributed by atoms with Crippen LogP contribution in [-0.4, -0.2) is 0 Å². The molecule has 0 amide bonds. The summed E-state index contributed by atoms with van der Waals surface area (Å²) in [5, 5.41) is 0. The molecule has 0 atom stereocenters. The zero-order chi connectivity index (χ0) is 5.82. The predicted molar refractivity (Wildman–Crippen MR) is 36.5 cm³/mol. The van der Waals surface area contributed by atoms with Gasteiger partial charge in [0.1, 0.15) is 0 Å². The maximum Gasteiger partial charge on any atom is -0.0316 e. The molecule has 1 aliphatic carbocycles. The van der Waals surface area contributed by atoms with Gasteiger partial charge in [0.25, 0.3) is 0 Å². The molecular weight excluding hydrogens is 96.1 g/mol. The molecule has 0 heterocycles. The third-order valence-corrected chi connectivity index (χ3v) is 1.86. The van der Waals surface area contributed by atoms with Gasteiger partial charge >= 0.3 is 0 Å². The van der Waals surface area contributed by atoms with E-state index in [1.807, 2.05) is 6.08 Å². The van der Waals surface area contributed by atoms with Crippen molar-refractivity contribution in [3.8, 4) is 0 Å². The van der Waals surface area contributed by atoms with Crippen molar-refractivity contribution in [3.05, 3.63) is 19.1 Å². The Bertz CT molecular complexity index is 78.0. The highest BCUT2D eigenvalue weighted by molar-refractivity contribution is 4.87. The van der Waals surface area contributed by atoms with E-state index in [0.717, 1.165) is 5.92 Å². The first-order valence-corrected chi connectivity index (χ1v) is 3.37. The Morgan fingerprint density at radius 2 is 2.25 bits per heavy atom. The molecule has 8 heavy (non-hydrogen) atoms. The summed E-state index contributed by atoms with van der Waals surface area (Å²) in [5.41, 5.74) is 0. The standard InChI is InChI=1S/C8H13/c1-2-3-5-8-6-4-7-8/h2-3,8H,1,4-7H2/b3-2+. The Labute approximate surface area is 51.6 Å². The van der Waals surface area contributed by atoms with Crippen LogP contribution in [-0.2, 0) is 0 Å². The van der Waals surface area contributed by atoms with Gasteiger partial charge in [-0.05, 0) is 19.3 Å². The van der Waals surface area contributed by atoms with Gasteiger partial charge in [-0.3, -0.25) is 0 Å². The van der Waals surface area contributed by atoms with Crippen molar-refractivity contribution < 1.29 is 0 Å². The third-order valence-electron chi connectivity index (χ3n) is 1.86. The molecule has 0 aromatic rings. The molecule has 1 fully saturated rings. The highest BCUT2D eigenvalue weighted by Gasteiger charge is 2.14. The summed E-state index contributed by atoms with van der Waals surface area (Å²) in [4.78, 5) is 0. The summed E-state index contributed by atoms with van der Waals surface area (Å²) >= 11 is 0. The largest absolute Gasteiger partial charge is 0.0883 e. The number of allylic oxidation sites excluding steroid dienone is 2. The van der Waals surface area contributed by atoms with Crippen LogP contribution in [0.1, 0.15) is 25.7 Å². The fourth-order valence-electron chi connectivity index (χ4n) is 1.02. The van der Waals surface area contributed by atoms with Crippen molar-refractivity contribution in [2.24, 2.45) is 5.92 Å². The minimum Gasteiger partial charge on any atom is -0.0883 e. The molecule has 0 aliphatic heterocycles. The molecule has 1 radical (unpaired) electrons. The summed E-state index contributed by atoms with van der Waals surface area (Å²) in [5.74, 6) is 1.01. The molecule has 0 spiro atoms. The fraction of sp³-hybridized carbons (Fsp3) is 0.625. The third kappa shape index (κ3) is 1.36. The summed E-state index contributed by atoms with van der Waals surface area (Å²) in [6.45, 7) is 3.64. The van der Waals surface area contributed by atoms with Crippen LogP contribution >= 0.6 is 0 Å². The zero-order valence-corrected chi connectivity index (χ0v) is 5.27. The SMILES string of the molecule is [CH2]/C=C/CC1CCC1. The summed E-state index contributed by atoms with van der Waals surface area (Å²) in [6, 6.07) is 0. The van der Waals surface area contributed by atoms with Gasteiger partial charge in [-0.2, -0.15) is 0 Å². The Hall–Kier alpha value is -0.260. The average Bonchev–Trinajstić information content (AvgIpc) is 1.63. The zero-order valence-electron chi connectivity index (χ0n) is 5.27. The van der Waals surface area contributed by atoms with Gasteiger partial charge in [0, 0.05) is 0 Å². The van der Waals surface area contributed by atoms with E-state index in [9.17, 15) is 0 Å². The molecule has 0 nitrogen and oxygen atoms in total. The Morgan fingerprint density at radius 1 is 1.50 bits per heavy atom. The fourth-order valence-corrected chi connectivity index (χ4v) is 1.02. The molecule has 0 aromatic heterocycles. The van der Waals surface area contributed by atoms with Gasteiger partial charge in [-0.1, -0.05) is 31.4 Å². The van der Waals surface area contributed by atoms with E-state index in [0.29, 0.717) is 0 Å². The van der Waals surface area contributed by atoms with E-state index in [-0.39, 0.29) is 0 Å². The van der Waals surface area contributed by atoms with Crippen molar-refractivity contribution in [1.29, 1.82) is 0 Å². The van der Waals surface area contributed by atoms with E-state index in [2.05, 4.69) is 13.0 Å². The highest BCUT2D eigenvalue weighted by Crippen LogP contribution is 2.29. The van der Waals surface area contributed by atoms with Crippen molar-refractivity contribution >= 4 is 0 Å². The first-order chi connectivity index (χ1) is 3.93. The normalized spacial score (nSPS) is 21.6. The van der Waals surface area contributed by atoms with Gasteiger partial charge in [0.05, 0.1) is 0 Å². The van der Waals surface area contributed by atoms with Crippen molar-refractivity contribution in [2.45, 2.75) is 25.7 Å². The smallest absolute Gasteiger partial charge is 0.0316 e. The van der Waals surface area contributed by atoms with E-state index in [4.69, 9.17) is 0 Å². The second-order valence-electron chi connectivity index (χ2n) is 2.50. The van der Waals surface area contributed by atoms with Crippen LogP contribution in [0.4, 0.5) is 0 Å². The van der Waals surface area contributed by atoms with Crippen LogP contribution < -0.4 is 0 Å². The molecule has 0 unspecified atom stereocenters. The van der Waals surface area contributed by atoms with Crippen LogP contribution in [0.2, 0.25) is 0 Å². The van der Waals surface area contributed by atoms with Crippen molar-refractivity contribution in [2.75, 3.05) is 0 Å². The maximum absolute atomic E-state index is 3.64. The van der Waals surface area contributed by atoms with E-state index >= 15 is 0 Å². The van der Waals surface area contributed by atoms with Gasteiger partial charge in [0.2, 0.25) is 0 Å². The number of hydrogen-bond acceptors (Lipinski definition) is 0. The quantitative estimate of drug-likeness (QED) is 0.511. The first-order valence-electron chi connectivity index (χ1n) is 3.37. The molecule has 1 aliphatic rings. The van der Waals surface area contributed by atoms with Crippen LogP contribution in [0.25, 0.3) is 0 Å². The lowest BCUT2D eigenvalue weighted by Gasteiger charge is -2.23. The van der Waals surface area contributed by atoms with Crippen molar-refractivity contribution in [1.82, 2.24) is 0 Å². The lowest BCUT2D eigenvalue weighted by atomic mass is 9.83. The molecule has 0 bridgehead atoms. The summed E-state index contributed by atoms with van der Waals surface area (Å²) < 4.78 is 0. The summed E-state index contributed by atoms with van der Waals surface area (Å²) in [7, 11) is 0. The molecule has 0 heteroatoms. The van der Waals surface area contributed by atoms with Crippen molar-refractivity contribution in [3.63, 3.8) is 0 Å². The van der Waals surface area contributed by atoms with E-state index < -0.39 is 0 Å². The number of hydrogen-bond donors (Lipinski definition) is 0. The lowest BCUT2D eigenvalue weighted by molar-refractivity contribution is 0.319. The predicted octanol–water partition coefficient (Wildman–Crippen LogP) is 2.57. The average molecular weight is 109 g/mol. The lowest BCUT2D eigenvalue weighted by Crippen LogP contribution is -2.08. The van der Waals surface area contributed by atoms with Crippen LogP contribution in [0, 0.1) is 12.8 Å². The van der Waals surface area contributed by atoms with Gasteiger partial charge in [0.15, 0.2) is 0 Å². The molecule has 0 aromatic carbocycles. The number of rotatable bonds is 2. The van der Waals surface area contributed by atoms with Crippen LogP contribution in [0.5, 0.6) is 0 Å². The molecule has 0 N–H and O–H groups in total. The Balaban J connectivity index is 2.01. The summed E-state index contributed by atoms with van der Waals surface area (Å²) in [6.07, 6.45) is 9.69. The topological polar surface area (TPSA) is 0 Å². The molecular formula is C8H13. The molecule has 0 saturated heterocycles. The van der Waals surface area contributed by atoms with Gasteiger partial charge < -0.3 is 0 Å². The van der Waals surface area contributed by atoms with Crippen LogP contribution in [0.3, 0.4) is 0 Å². The second-order valence-corrected chi connectivity index (χ2v) is 2.50. The van der Waals surface area contributed by atoms with Crippen LogP contribution in [0.15, 0.2) is 12.2 Å². The minimum absolute atomic E-state index is 1.01. The molecule has 45 valence electrons. The molecule has 1 saturated carbocycles. The minimum atomic E-state index is 1.01. The maximum atomic E-state index is 3.64. The Kier molecular flexibility index (Phi) is 2.13. The van der Waals surface area contributed by atoms with Gasteiger partial charge in [-0.25, -0.2) is 0 Å². The van der Waals surface area contributed by atoms with Gasteiger partial charge in [-0.15, -0.1) is 0 Å². The molecule has 1 rings (SSSR count). The van der Waals surface area contributed by atoms with E-state index in [1.54, 1.807) is 0 Å². The van der Waals surface area contributed by atoms with E-state index in [1.165, 1.54) is 25.7 Å². The second kappa shape index (κ2) is 2.91. The monoisotopic (exact) mass is 109 g/mol.